The number of benzene rings is 6. The molecule has 6 nitrogen and oxygen atoms in total. The number of aromatic carboxylic acids is 1. The molecule has 0 spiro atoms. The van der Waals surface area contributed by atoms with Crippen LogP contribution in [0.25, 0.3) is 55.5 Å². The van der Waals surface area contributed by atoms with Crippen molar-refractivity contribution >= 4 is 80.3 Å². The van der Waals surface area contributed by atoms with Gasteiger partial charge in [0.05, 0.1) is 15.8 Å². The van der Waals surface area contributed by atoms with E-state index in [1.165, 1.54) is 61.9 Å². The van der Waals surface area contributed by atoms with Crippen molar-refractivity contribution in [2.24, 2.45) is 0 Å². The number of rotatable bonds is 15. The molecule has 9 aromatic rings. The molecule has 0 amide bonds. The van der Waals surface area contributed by atoms with Crippen molar-refractivity contribution < 1.29 is 9.90 Å². The highest BCUT2D eigenvalue weighted by Crippen LogP contribution is 2.57. The topological polar surface area (TPSA) is 70.7 Å². The standard InChI is InChI=1S/C60H54Cl2N4O2S/c1-5-8-29-59(4)48-17-13-11-15-43(48)45-26-23-40(34-50(45)59)65(41-24-27-46-44-16-12-14-18-49(44)60(30-9-6-2,31-10-7-3)51(46)35-41)39-21-19-37(20-22-39)54-28-25-42(69-54)36-47-55(58(67)68)64-66-56-52(62)32-38(61)33-53(56)63-57(47)66/h11-28,32-36H,5-10,29-31H2,1-4H3,(H,67,68)/b47-36-. The van der Waals surface area contributed by atoms with Crippen LogP contribution in [0.15, 0.2) is 133 Å². The number of hydrogen-bond donors (Lipinski definition) is 1. The Morgan fingerprint density at radius 3 is 1.96 bits per heavy atom. The van der Waals surface area contributed by atoms with Crippen LogP contribution in [0.3, 0.4) is 0 Å². The molecule has 1 atom stereocenters. The second-order valence-corrected chi connectivity index (χ2v) is 21.1. The molecule has 0 saturated heterocycles. The first-order chi connectivity index (χ1) is 33.6. The molecular weight excluding hydrogens is 912 g/mol. The fraction of sp³-hybridized carbons (Fsp3) is 0.250. The SMILES string of the molecule is CCCCC1(C)c2ccccc2-c2ccc(N(c3ccc(-c4ccc(/C=c5/c(C(=O)O)nn6c5nc5cc(Cl)cc(Cl)c56)s4)cc3)c3ccc4c(c3)C(CCCC)(CCCC)c3ccccc3-4)cc21. The van der Waals surface area contributed by atoms with Crippen molar-refractivity contribution in [3.8, 4) is 32.7 Å². The fourth-order valence-electron chi connectivity index (χ4n) is 11.6. The van der Waals surface area contributed by atoms with E-state index in [0.717, 1.165) is 77.3 Å². The second kappa shape index (κ2) is 17.9. The zero-order valence-electron chi connectivity index (χ0n) is 39.5. The number of unbranched alkanes of at least 4 members (excludes halogenated alkanes) is 3. The van der Waals surface area contributed by atoms with E-state index < -0.39 is 5.97 Å². The van der Waals surface area contributed by atoms with Gasteiger partial charge in [-0.3, -0.25) is 0 Å². The molecular formula is C60H54Cl2N4O2S. The fourth-order valence-corrected chi connectivity index (χ4v) is 13.1. The summed E-state index contributed by atoms with van der Waals surface area (Å²) in [6.07, 6.45) is 12.2. The van der Waals surface area contributed by atoms with Gasteiger partial charge in [-0.25, -0.2) is 14.3 Å². The normalized spacial score (nSPS) is 15.7. The molecule has 0 bridgehead atoms. The number of carbonyl (C=O) groups is 1. The smallest absolute Gasteiger partial charge is 0.357 e. The van der Waals surface area contributed by atoms with E-state index in [9.17, 15) is 9.90 Å². The van der Waals surface area contributed by atoms with Gasteiger partial charge in [0.1, 0.15) is 5.52 Å². The predicted molar refractivity (Wildman–Crippen MR) is 287 cm³/mol. The van der Waals surface area contributed by atoms with Crippen molar-refractivity contribution in [2.75, 3.05) is 4.90 Å². The summed E-state index contributed by atoms with van der Waals surface area (Å²) < 4.78 is 1.50. The van der Waals surface area contributed by atoms with E-state index in [1.54, 1.807) is 23.5 Å². The molecule has 6 aromatic carbocycles. The minimum Gasteiger partial charge on any atom is -0.476 e. The number of fused-ring (bicyclic) bond motifs is 9. The van der Waals surface area contributed by atoms with E-state index in [1.807, 2.05) is 12.1 Å². The van der Waals surface area contributed by atoms with Crippen molar-refractivity contribution in [2.45, 2.75) is 96.3 Å². The first-order valence-electron chi connectivity index (χ1n) is 24.5. The van der Waals surface area contributed by atoms with Gasteiger partial charge in [-0.15, -0.1) is 11.3 Å². The third kappa shape index (κ3) is 7.47. The van der Waals surface area contributed by atoms with Gasteiger partial charge in [0, 0.05) is 42.7 Å². The van der Waals surface area contributed by atoms with Crippen molar-refractivity contribution in [3.05, 3.63) is 182 Å². The van der Waals surface area contributed by atoms with Gasteiger partial charge in [0.15, 0.2) is 11.3 Å². The maximum absolute atomic E-state index is 12.5. The van der Waals surface area contributed by atoms with E-state index in [-0.39, 0.29) is 16.5 Å². The molecule has 0 saturated carbocycles. The van der Waals surface area contributed by atoms with Crippen LogP contribution in [0.1, 0.15) is 123 Å². The average Bonchev–Trinajstić information content (AvgIpc) is 4.17. The lowest BCUT2D eigenvalue weighted by Gasteiger charge is -2.34. The predicted octanol–water partition coefficient (Wildman–Crippen LogP) is 16.8. The van der Waals surface area contributed by atoms with Crippen molar-refractivity contribution in [1.82, 2.24) is 14.6 Å². The van der Waals surface area contributed by atoms with E-state index in [2.05, 4.69) is 153 Å². The van der Waals surface area contributed by atoms with Crippen LogP contribution in [-0.2, 0) is 10.8 Å². The first-order valence-corrected chi connectivity index (χ1v) is 26.1. The van der Waals surface area contributed by atoms with Crippen LogP contribution in [-0.4, -0.2) is 25.7 Å². The molecule has 0 aliphatic heterocycles. The Hall–Kier alpha value is -6.25. The van der Waals surface area contributed by atoms with Gasteiger partial charge in [0.25, 0.3) is 0 Å². The molecule has 69 heavy (non-hydrogen) atoms. The summed E-state index contributed by atoms with van der Waals surface area (Å²) in [5.74, 6) is -1.14. The van der Waals surface area contributed by atoms with Crippen molar-refractivity contribution in [1.29, 1.82) is 0 Å². The van der Waals surface area contributed by atoms with Crippen molar-refractivity contribution in [3.63, 3.8) is 0 Å². The van der Waals surface area contributed by atoms with Gasteiger partial charge in [0.2, 0.25) is 0 Å². The van der Waals surface area contributed by atoms with Crippen LogP contribution in [0.5, 0.6) is 0 Å². The quantitative estimate of drug-likeness (QED) is 0.111. The Morgan fingerprint density at radius 2 is 1.28 bits per heavy atom. The Balaban J connectivity index is 1.03. The number of thiophene rings is 1. The maximum atomic E-state index is 12.5. The molecule has 346 valence electrons. The van der Waals surface area contributed by atoms with Gasteiger partial charge in [-0.2, -0.15) is 5.10 Å². The largest absolute Gasteiger partial charge is 0.476 e. The summed E-state index contributed by atoms with van der Waals surface area (Å²) in [7, 11) is 0. The minimum atomic E-state index is -1.14. The second-order valence-electron chi connectivity index (χ2n) is 19.2. The molecule has 2 aliphatic carbocycles. The lowest BCUT2D eigenvalue weighted by Crippen LogP contribution is -2.26. The highest BCUT2D eigenvalue weighted by molar-refractivity contribution is 7.16. The molecule has 1 N–H and O–H groups in total. The molecule has 0 radical (unpaired) electrons. The number of aromatic nitrogens is 3. The van der Waals surface area contributed by atoms with Gasteiger partial charge in [-0.05, 0) is 136 Å². The third-order valence-corrected chi connectivity index (χ3v) is 16.6. The van der Waals surface area contributed by atoms with Gasteiger partial charge >= 0.3 is 5.97 Å². The molecule has 11 rings (SSSR count). The summed E-state index contributed by atoms with van der Waals surface area (Å²) in [4.78, 5) is 21.6. The summed E-state index contributed by atoms with van der Waals surface area (Å²) >= 11 is 14.5. The molecule has 1 unspecified atom stereocenters. The molecule has 9 heteroatoms. The lowest BCUT2D eigenvalue weighted by molar-refractivity contribution is 0.0689. The van der Waals surface area contributed by atoms with Gasteiger partial charge in [-0.1, -0.05) is 162 Å². The number of halogens is 2. The Morgan fingerprint density at radius 1 is 0.681 bits per heavy atom. The Kier molecular flexibility index (Phi) is 11.7. The summed E-state index contributed by atoms with van der Waals surface area (Å²) in [6, 6.07) is 49.0. The molecule has 3 aromatic heterocycles. The minimum absolute atomic E-state index is 0.0447. The average molecular weight is 966 g/mol. The number of carboxylic acids is 1. The third-order valence-electron chi connectivity index (χ3n) is 15.0. The number of carboxylic acid groups (broad SMARTS) is 1. The van der Waals surface area contributed by atoms with Crippen LogP contribution in [0.2, 0.25) is 10.0 Å². The van der Waals surface area contributed by atoms with E-state index in [4.69, 9.17) is 28.2 Å². The van der Waals surface area contributed by atoms with Crippen LogP contribution in [0.4, 0.5) is 17.1 Å². The first kappa shape index (κ1) is 45.2. The highest BCUT2D eigenvalue weighted by Gasteiger charge is 2.43. The zero-order valence-corrected chi connectivity index (χ0v) is 41.8. The summed E-state index contributed by atoms with van der Waals surface area (Å²) in [5.41, 5.74) is 16.9. The van der Waals surface area contributed by atoms with Gasteiger partial charge < -0.3 is 10.0 Å². The molecule has 3 heterocycles. The molecule has 0 fully saturated rings. The highest BCUT2D eigenvalue weighted by atomic mass is 35.5. The monoisotopic (exact) mass is 964 g/mol. The van der Waals surface area contributed by atoms with Crippen LogP contribution in [0, 0.1) is 0 Å². The Labute approximate surface area is 417 Å². The molecule has 2 aliphatic rings. The van der Waals surface area contributed by atoms with Crippen LogP contribution >= 0.6 is 34.5 Å². The van der Waals surface area contributed by atoms with Crippen LogP contribution < -0.4 is 10.1 Å². The lowest BCUT2D eigenvalue weighted by atomic mass is 9.71. The maximum Gasteiger partial charge on any atom is 0.357 e. The number of imidazole rings is 1. The summed E-state index contributed by atoms with van der Waals surface area (Å²) in [6.45, 7) is 9.37. The zero-order chi connectivity index (χ0) is 47.6. The van der Waals surface area contributed by atoms with E-state index in [0.29, 0.717) is 31.9 Å². The Bertz CT molecular complexity index is 3510. The number of nitrogens with zero attached hydrogens (tertiary/aromatic N) is 4. The number of anilines is 3. The summed E-state index contributed by atoms with van der Waals surface area (Å²) in [5, 5.41) is 15.9. The van der Waals surface area contributed by atoms with E-state index >= 15 is 0 Å². The number of hydrogen-bond acceptors (Lipinski definition) is 5.